The summed E-state index contributed by atoms with van der Waals surface area (Å²) < 4.78 is 1.73. The summed E-state index contributed by atoms with van der Waals surface area (Å²) in [5, 5.41) is 11.2. The summed E-state index contributed by atoms with van der Waals surface area (Å²) in [5.74, 6) is -0.193. The van der Waals surface area contributed by atoms with Crippen LogP contribution in [0.2, 0.25) is 0 Å². The number of amides is 1. The molecular formula is C10H10N2O2S2. The Balaban J connectivity index is 2.31. The Hall–Kier alpha value is -1.24. The second kappa shape index (κ2) is 4.73. The molecule has 0 radical (unpaired) electrons. The molecule has 0 bridgehead atoms. The van der Waals surface area contributed by atoms with Crippen molar-refractivity contribution in [1.29, 1.82) is 0 Å². The van der Waals surface area contributed by atoms with Gasteiger partial charge in [-0.25, -0.2) is 0 Å². The Labute approximate surface area is 101 Å². The van der Waals surface area contributed by atoms with Crippen LogP contribution in [0.5, 0.6) is 0 Å². The lowest BCUT2D eigenvalue weighted by molar-refractivity contribution is 0.0945. The molecule has 1 amide bonds. The third-order valence-electron chi connectivity index (χ3n) is 2.08. The number of hydrogen-bond acceptors (Lipinski definition) is 4. The Kier molecular flexibility index (Phi) is 3.33. The van der Waals surface area contributed by atoms with Crippen LogP contribution in [-0.4, -0.2) is 29.1 Å². The molecule has 0 aliphatic heterocycles. The summed E-state index contributed by atoms with van der Waals surface area (Å²) in [6.45, 7) is 0.200. The van der Waals surface area contributed by atoms with Gasteiger partial charge in [-0.1, -0.05) is 0 Å². The molecule has 6 heteroatoms. The third-order valence-corrected chi connectivity index (χ3v) is 3.29. The topological polar surface area (TPSA) is 65.1 Å². The summed E-state index contributed by atoms with van der Waals surface area (Å²) in [7, 11) is 0. The summed E-state index contributed by atoms with van der Waals surface area (Å²) >= 11 is 6.50. The quantitative estimate of drug-likeness (QED) is 0.730. The van der Waals surface area contributed by atoms with Crippen LogP contribution in [0.15, 0.2) is 18.2 Å². The highest BCUT2D eigenvalue weighted by Crippen LogP contribution is 2.20. The van der Waals surface area contributed by atoms with Gasteiger partial charge in [0.15, 0.2) is 3.95 Å². The molecule has 0 atom stereocenters. The van der Waals surface area contributed by atoms with Crippen molar-refractivity contribution >= 4 is 39.7 Å². The van der Waals surface area contributed by atoms with Crippen molar-refractivity contribution in [3.63, 3.8) is 0 Å². The van der Waals surface area contributed by atoms with Crippen LogP contribution in [-0.2, 0) is 0 Å². The number of fused-ring (bicyclic) bond motifs is 1. The Morgan fingerprint density at radius 2 is 2.38 bits per heavy atom. The molecule has 3 N–H and O–H groups in total. The van der Waals surface area contributed by atoms with Crippen molar-refractivity contribution in [1.82, 2.24) is 10.3 Å². The summed E-state index contributed by atoms with van der Waals surface area (Å²) in [4.78, 5) is 14.6. The van der Waals surface area contributed by atoms with Gasteiger partial charge in [-0.15, -0.1) is 11.3 Å². The zero-order valence-electron chi connectivity index (χ0n) is 8.32. The molecule has 1 aromatic heterocycles. The average Bonchev–Trinajstić information content (AvgIpc) is 2.64. The number of hydrogen-bond donors (Lipinski definition) is 3. The smallest absolute Gasteiger partial charge is 0.251 e. The number of thiazole rings is 1. The van der Waals surface area contributed by atoms with E-state index in [0.717, 1.165) is 10.2 Å². The highest BCUT2D eigenvalue weighted by Gasteiger charge is 2.06. The number of aliphatic hydroxyl groups is 1. The van der Waals surface area contributed by atoms with E-state index >= 15 is 0 Å². The fourth-order valence-electron chi connectivity index (χ4n) is 1.36. The molecule has 0 aliphatic rings. The molecular weight excluding hydrogens is 244 g/mol. The van der Waals surface area contributed by atoms with Gasteiger partial charge in [-0.3, -0.25) is 4.79 Å². The minimum absolute atomic E-state index is 0.0606. The SMILES string of the molecule is O=C(NCCO)c1ccc2sc(=S)[nH]c2c1. The first-order chi connectivity index (χ1) is 7.70. The van der Waals surface area contributed by atoms with Crippen molar-refractivity contribution in [2.75, 3.05) is 13.2 Å². The van der Waals surface area contributed by atoms with Gasteiger partial charge in [0.25, 0.3) is 5.91 Å². The lowest BCUT2D eigenvalue weighted by Crippen LogP contribution is -2.26. The summed E-state index contributed by atoms with van der Waals surface area (Å²) in [6.07, 6.45) is 0. The van der Waals surface area contributed by atoms with E-state index in [-0.39, 0.29) is 19.1 Å². The first kappa shape index (κ1) is 11.3. The zero-order chi connectivity index (χ0) is 11.5. The van der Waals surface area contributed by atoms with Crippen molar-refractivity contribution in [2.45, 2.75) is 0 Å². The number of benzene rings is 1. The molecule has 1 heterocycles. The number of rotatable bonds is 3. The van der Waals surface area contributed by atoms with Crippen molar-refractivity contribution in [2.24, 2.45) is 0 Å². The van der Waals surface area contributed by atoms with Crippen molar-refractivity contribution < 1.29 is 9.90 Å². The van der Waals surface area contributed by atoms with Gasteiger partial charge in [0, 0.05) is 12.1 Å². The van der Waals surface area contributed by atoms with Crippen LogP contribution in [0, 0.1) is 3.95 Å². The number of carbonyl (C=O) groups is 1. The minimum Gasteiger partial charge on any atom is -0.395 e. The van der Waals surface area contributed by atoms with Gasteiger partial charge in [-0.05, 0) is 30.4 Å². The van der Waals surface area contributed by atoms with Crippen LogP contribution >= 0.6 is 23.6 Å². The summed E-state index contributed by atoms with van der Waals surface area (Å²) in [6, 6.07) is 5.36. The maximum atomic E-state index is 11.6. The lowest BCUT2D eigenvalue weighted by Gasteiger charge is -2.02. The molecule has 16 heavy (non-hydrogen) atoms. The largest absolute Gasteiger partial charge is 0.395 e. The molecule has 0 spiro atoms. The minimum atomic E-state index is -0.193. The average molecular weight is 254 g/mol. The Bertz CT molecular complexity index is 573. The number of aromatic amines is 1. The van der Waals surface area contributed by atoms with Gasteiger partial charge in [0.05, 0.1) is 16.8 Å². The first-order valence-electron chi connectivity index (χ1n) is 4.72. The first-order valence-corrected chi connectivity index (χ1v) is 5.95. The number of aliphatic hydroxyl groups excluding tert-OH is 1. The van der Waals surface area contributed by atoms with Crippen molar-refractivity contribution in [3.8, 4) is 0 Å². The Morgan fingerprint density at radius 1 is 1.56 bits per heavy atom. The van der Waals surface area contributed by atoms with Gasteiger partial charge in [-0.2, -0.15) is 0 Å². The van der Waals surface area contributed by atoms with Crippen molar-refractivity contribution in [3.05, 3.63) is 27.7 Å². The molecule has 0 aliphatic carbocycles. The van der Waals surface area contributed by atoms with Crippen LogP contribution in [0.1, 0.15) is 10.4 Å². The maximum absolute atomic E-state index is 11.6. The third kappa shape index (κ3) is 2.29. The highest BCUT2D eigenvalue weighted by atomic mass is 32.1. The lowest BCUT2D eigenvalue weighted by atomic mass is 10.2. The molecule has 0 unspecified atom stereocenters. The molecule has 0 fully saturated rings. The summed E-state index contributed by atoms with van der Waals surface area (Å²) in [5.41, 5.74) is 1.43. The van der Waals surface area contributed by atoms with Gasteiger partial charge in [0.2, 0.25) is 0 Å². The van der Waals surface area contributed by atoms with Gasteiger partial charge >= 0.3 is 0 Å². The molecule has 2 rings (SSSR count). The molecule has 84 valence electrons. The van der Waals surface area contributed by atoms with E-state index < -0.39 is 0 Å². The maximum Gasteiger partial charge on any atom is 0.251 e. The van der Waals surface area contributed by atoms with Gasteiger partial charge in [0.1, 0.15) is 0 Å². The standard InChI is InChI=1S/C10H10N2O2S2/c13-4-3-11-9(14)6-1-2-8-7(5-6)12-10(15)16-8/h1-2,5,13H,3-4H2,(H,11,14)(H,12,15). The van der Waals surface area contributed by atoms with E-state index in [1.165, 1.54) is 11.3 Å². The predicted molar refractivity (Wildman–Crippen MR) is 66.4 cm³/mol. The normalized spacial score (nSPS) is 10.6. The fraction of sp³-hybridized carbons (Fsp3) is 0.200. The molecule has 0 saturated heterocycles. The van der Waals surface area contributed by atoms with E-state index in [2.05, 4.69) is 10.3 Å². The second-order valence-corrected chi connectivity index (χ2v) is 4.92. The number of nitrogens with one attached hydrogen (secondary N) is 2. The molecule has 0 saturated carbocycles. The van der Waals surface area contributed by atoms with Crippen LogP contribution in [0.25, 0.3) is 10.2 Å². The van der Waals surface area contributed by atoms with Gasteiger partial charge < -0.3 is 15.4 Å². The second-order valence-electron chi connectivity index (χ2n) is 3.20. The molecule has 4 nitrogen and oxygen atoms in total. The molecule has 2 aromatic rings. The van der Waals surface area contributed by atoms with Crippen LogP contribution < -0.4 is 5.32 Å². The van der Waals surface area contributed by atoms with E-state index in [1.807, 2.05) is 6.07 Å². The van der Waals surface area contributed by atoms with Crippen LogP contribution in [0.4, 0.5) is 0 Å². The Morgan fingerprint density at radius 3 is 3.12 bits per heavy atom. The van der Waals surface area contributed by atoms with Crippen LogP contribution in [0.3, 0.4) is 0 Å². The van der Waals surface area contributed by atoms with E-state index in [0.29, 0.717) is 9.52 Å². The molecule has 1 aromatic carbocycles. The van der Waals surface area contributed by atoms with E-state index in [9.17, 15) is 4.79 Å². The van der Waals surface area contributed by atoms with E-state index in [4.69, 9.17) is 17.3 Å². The number of aromatic nitrogens is 1. The fourth-order valence-corrected chi connectivity index (χ4v) is 2.46. The predicted octanol–water partition coefficient (Wildman–Crippen LogP) is 1.68. The van der Waals surface area contributed by atoms with E-state index in [1.54, 1.807) is 12.1 Å². The zero-order valence-corrected chi connectivity index (χ0v) is 9.95. The number of H-pyrrole nitrogens is 1. The number of carbonyl (C=O) groups excluding carboxylic acids is 1. The highest BCUT2D eigenvalue weighted by molar-refractivity contribution is 7.73. The monoisotopic (exact) mass is 254 g/mol.